The van der Waals surface area contributed by atoms with Crippen LogP contribution in [0.4, 0.5) is 0 Å². The van der Waals surface area contributed by atoms with E-state index < -0.39 is 0 Å². The number of aliphatic hydroxyl groups excluding tert-OH is 1. The van der Waals surface area contributed by atoms with Gasteiger partial charge in [-0.25, -0.2) is 0 Å². The molecule has 1 saturated carbocycles. The molecule has 0 bridgehead atoms. The number of aromatic nitrogens is 1. The molecule has 1 aliphatic rings. The monoisotopic (exact) mass is 191 g/mol. The second-order valence-electron chi connectivity index (χ2n) is 3.88. The van der Waals surface area contributed by atoms with Gasteiger partial charge in [-0.15, -0.1) is 0 Å². The third-order valence-corrected chi connectivity index (χ3v) is 2.55. The quantitative estimate of drug-likeness (QED) is 0.733. The highest BCUT2D eigenvalue weighted by Crippen LogP contribution is 2.34. The maximum Gasteiger partial charge on any atom is 0.163 e. The Balaban J connectivity index is 2.03. The zero-order chi connectivity index (χ0) is 10.1. The molecule has 14 heavy (non-hydrogen) atoms. The fourth-order valence-corrected chi connectivity index (χ4v) is 1.53. The molecule has 1 aromatic rings. The Bertz CT molecular complexity index is 362. The number of nitrogens with zero attached hydrogens (tertiary/aromatic N) is 1. The number of hydrogen-bond donors (Lipinski definition) is 1. The molecule has 2 rings (SSSR count). The van der Waals surface area contributed by atoms with Crippen LogP contribution in [-0.2, 0) is 0 Å². The molecule has 0 spiro atoms. The molecule has 1 aliphatic carbocycles. The summed E-state index contributed by atoms with van der Waals surface area (Å²) in [5.41, 5.74) is 1.56. The molecule has 0 saturated heterocycles. The maximum atomic E-state index is 11.7. The number of carbonyl (C=O) groups excluding carboxylic acids is 1. The minimum Gasteiger partial charge on any atom is -0.393 e. The van der Waals surface area contributed by atoms with Gasteiger partial charge in [-0.2, -0.15) is 0 Å². The minimum absolute atomic E-state index is 0.108. The van der Waals surface area contributed by atoms with Gasteiger partial charge in [0, 0.05) is 23.9 Å². The zero-order valence-electron chi connectivity index (χ0n) is 8.10. The summed E-state index contributed by atoms with van der Waals surface area (Å²) in [6.45, 7) is 1.86. The Kier molecular flexibility index (Phi) is 2.33. The van der Waals surface area contributed by atoms with E-state index in [-0.39, 0.29) is 17.8 Å². The van der Waals surface area contributed by atoms with Crippen LogP contribution in [0.15, 0.2) is 18.3 Å². The van der Waals surface area contributed by atoms with Gasteiger partial charge in [0.25, 0.3) is 0 Å². The van der Waals surface area contributed by atoms with Crippen molar-refractivity contribution in [2.24, 2.45) is 5.92 Å². The minimum atomic E-state index is -0.248. The average molecular weight is 191 g/mol. The predicted molar refractivity (Wildman–Crippen MR) is 52.0 cm³/mol. The fraction of sp³-hybridized carbons (Fsp3) is 0.455. The maximum absolute atomic E-state index is 11.7. The molecule has 0 aromatic carbocycles. The fourth-order valence-electron chi connectivity index (χ4n) is 1.53. The van der Waals surface area contributed by atoms with Crippen molar-refractivity contribution in [2.45, 2.75) is 25.9 Å². The van der Waals surface area contributed by atoms with E-state index in [1.54, 1.807) is 18.3 Å². The highest BCUT2D eigenvalue weighted by molar-refractivity contribution is 5.96. The van der Waals surface area contributed by atoms with Crippen LogP contribution in [0.1, 0.15) is 28.9 Å². The average Bonchev–Trinajstić information content (AvgIpc) is 2.81. The first-order chi connectivity index (χ1) is 6.66. The number of ketones is 1. The van der Waals surface area contributed by atoms with Crippen LogP contribution >= 0.6 is 0 Å². The first-order valence-corrected chi connectivity index (χ1v) is 4.81. The van der Waals surface area contributed by atoms with Gasteiger partial charge in [0.1, 0.15) is 0 Å². The molecule has 1 N–H and O–H groups in total. The zero-order valence-corrected chi connectivity index (χ0v) is 8.10. The van der Waals surface area contributed by atoms with Crippen LogP contribution < -0.4 is 0 Å². The van der Waals surface area contributed by atoms with Crippen LogP contribution in [0, 0.1) is 12.8 Å². The van der Waals surface area contributed by atoms with Crippen molar-refractivity contribution < 1.29 is 9.90 Å². The van der Waals surface area contributed by atoms with Crippen molar-refractivity contribution in [1.82, 2.24) is 4.98 Å². The Morgan fingerprint density at radius 2 is 2.43 bits per heavy atom. The third kappa shape index (κ3) is 1.99. The summed E-state index contributed by atoms with van der Waals surface area (Å²) in [7, 11) is 0. The summed E-state index contributed by atoms with van der Waals surface area (Å²) in [6.07, 6.45) is 2.63. The van der Waals surface area contributed by atoms with Crippen LogP contribution in [-0.4, -0.2) is 22.0 Å². The first kappa shape index (κ1) is 9.34. The number of hydrogen-bond acceptors (Lipinski definition) is 3. The second-order valence-corrected chi connectivity index (χ2v) is 3.88. The van der Waals surface area contributed by atoms with Gasteiger partial charge in [0.05, 0.1) is 6.10 Å². The lowest BCUT2D eigenvalue weighted by Gasteiger charge is -2.00. The van der Waals surface area contributed by atoms with E-state index in [1.165, 1.54) is 0 Å². The van der Waals surface area contributed by atoms with Crippen molar-refractivity contribution in [1.29, 1.82) is 0 Å². The number of aryl methyl sites for hydroxylation is 1. The Hall–Kier alpha value is -1.22. The number of Topliss-reactive ketones (excluding diaryl/α,β-unsaturated/α-hetero) is 1. The molecule has 1 aromatic heterocycles. The molecule has 0 radical (unpaired) electrons. The van der Waals surface area contributed by atoms with Crippen molar-refractivity contribution in [3.8, 4) is 0 Å². The van der Waals surface area contributed by atoms with Crippen molar-refractivity contribution in [3.63, 3.8) is 0 Å². The standard InChI is InChI=1S/C11H13NO2/c1-7-4-8(2-3-12-7)10(13)5-9-6-11(9)14/h2-4,9,11,14H,5-6H2,1H3. The lowest BCUT2D eigenvalue weighted by atomic mass is 10.1. The second kappa shape index (κ2) is 3.50. The summed E-state index contributed by atoms with van der Waals surface area (Å²) in [5.74, 6) is 0.299. The van der Waals surface area contributed by atoms with Gasteiger partial charge < -0.3 is 5.11 Å². The van der Waals surface area contributed by atoms with Crippen molar-refractivity contribution >= 4 is 5.78 Å². The van der Waals surface area contributed by atoms with Crippen LogP contribution in [0.2, 0.25) is 0 Å². The molecule has 1 heterocycles. The van der Waals surface area contributed by atoms with E-state index in [9.17, 15) is 4.79 Å². The van der Waals surface area contributed by atoms with Gasteiger partial charge in [-0.05, 0) is 31.4 Å². The molecule has 1 fully saturated rings. The van der Waals surface area contributed by atoms with Crippen LogP contribution in [0.3, 0.4) is 0 Å². The molecular formula is C11H13NO2. The summed E-state index contributed by atoms with van der Waals surface area (Å²) >= 11 is 0. The Labute approximate surface area is 82.8 Å². The van der Waals surface area contributed by atoms with Gasteiger partial charge in [-0.1, -0.05) is 0 Å². The summed E-state index contributed by atoms with van der Waals surface area (Å²) < 4.78 is 0. The van der Waals surface area contributed by atoms with E-state index in [0.29, 0.717) is 12.0 Å². The van der Waals surface area contributed by atoms with E-state index in [4.69, 9.17) is 5.11 Å². The molecule has 74 valence electrons. The third-order valence-electron chi connectivity index (χ3n) is 2.55. The van der Waals surface area contributed by atoms with Gasteiger partial charge in [-0.3, -0.25) is 9.78 Å². The number of carbonyl (C=O) groups is 1. The smallest absolute Gasteiger partial charge is 0.163 e. The topological polar surface area (TPSA) is 50.2 Å². The Morgan fingerprint density at radius 3 is 3.00 bits per heavy atom. The number of rotatable bonds is 3. The van der Waals surface area contributed by atoms with E-state index in [2.05, 4.69) is 4.98 Å². The Morgan fingerprint density at radius 1 is 1.71 bits per heavy atom. The van der Waals surface area contributed by atoms with Gasteiger partial charge in [0.15, 0.2) is 5.78 Å². The normalized spacial score (nSPS) is 24.7. The molecule has 2 unspecified atom stereocenters. The van der Waals surface area contributed by atoms with Crippen LogP contribution in [0.5, 0.6) is 0 Å². The van der Waals surface area contributed by atoms with Crippen molar-refractivity contribution in [2.75, 3.05) is 0 Å². The highest BCUT2D eigenvalue weighted by Gasteiger charge is 2.36. The van der Waals surface area contributed by atoms with E-state index in [1.807, 2.05) is 6.92 Å². The lowest BCUT2D eigenvalue weighted by Crippen LogP contribution is -2.02. The van der Waals surface area contributed by atoms with Gasteiger partial charge in [0.2, 0.25) is 0 Å². The lowest BCUT2D eigenvalue weighted by molar-refractivity contribution is 0.0967. The molecular weight excluding hydrogens is 178 g/mol. The van der Waals surface area contributed by atoms with Crippen LogP contribution in [0.25, 0.3) is 0 Å². The first-order valence-electron chi connectivity index (χ1n) is 4.81. The summed E-state index contributed by atoms with van der Waals surface area (Å²) in [6, 6.07) is 3.52. The largest absolute Gasteiger partial charge is 0.393 e. The van der Waals surface area contributed by atoms with Gasteiger partial charge >= 0.3 is 0 Å². The molecule has 0 aliphatic heterocycles. The molecule has 2 atom stereocenters. The van der Waals surface area contributed by atoms with E-state index >= 15 is 0 Å². The van der Waals surface area contributed by atoms with E-state index in [0.717, 1.165) is 12.1 Å². The summed E-state index contributed by atoms with van der Waals surface area (Å²) in [5, 5.41) is 9.11. The van der Waals surface area contributed by atoms with Crippen molar-refractivity contribution in [3.05, 3.63) is 29.6 Å². The summed E-state index contributed by atoms with van der Waals surface area (Å²) in [4.78, 5) is 15.7. The molecule has 0 amide bonds. The molecule has 3 heteroatoms. The highest BCUT2D eigenvalue weighted by atomic mass is 16.3. The SMILES string of the molecule is Cc1cc(C(=O)CC2CC2O)ccn1. The molecule has 3 nitrogen and oxygen atoms in total. The predicted octanol–water partition coefficient (Wildman–Crippen LogP) is 1.34. The number of aliphatic hydroxyl groups is 1. The number of pyridine rings is 1.